The average Bonchev–Trinajstić information content (AvgIpc) is 3.58. The molecule has 1 aromatic carbocycles. The number of anilines is 1. The van der Waals surface area contributed by atoms with Crippen molar-refractivity contribution in [2.75, 3.05) is 4.90 Å². The molecule has 4 heterocycles. The van der Waals surface area contributed by atoms with Crippen molar-refractivity contribution in [3.05, 3.63) is 59.1 Å². The van der Waals surface area contributed by atoms with E-state index in [1.165, 1.54) is 24.4 Å². The normalized spacial score (nSPS) is 23.4. The number of alkyl halides is 3. The summed E-state index contributed by atoms with van der Waals surface area (Å²) in [6.07, 6.45) is 1.88. The summed E-state index contributed by atoms with van der Waals surface area (Å²) in [7, 11) is 0. The number of aromatic carboxylic acids is 1. The second-order valence-corrected chi connectivity index (χ2v) is 9.94. The molecule has 1 saturated carbocycles. The lowest BCUT2D eigenvalue weighted by Gasteiger charge is -2.38. The fourth-order valence-electron chi connectivity index (χ4n) is 5.66. The lowest BCUT2D eigenvalue weighted by molar-refractivity contribution is -0.137. The molecular formula is C26H25F3N4O4. The van der Waals surface area contributed by atoms with Gasteiger partial charge in [-0.1, -0.05) is 23.4 Å². The Kier molecular flexibility index (Phi) is 5.89. The first-order chi connectivity index (χ1) is 17.8. The van der Waals surface area contributed by atoms with E-state index in [0.29, 0.717) is 30.1 Å². The molecule has 8 nitrogen and oxygen atoms in total. The summed E-state index contributed by atoms with van der Waals surface area (Å²) in [4.78, 5) is 22.0. The Labute approximate surface area is 210 Å². The molecule has 6 rings (SSSR count). The zero-order valence-corrected chi connectivity index (χ0v) is 19.8. The molecule has 2 unspecified atom stereocenters. The maximum Gasteiger partial charge on any atom is 0.417 e. The minimum absolute atomic E-state index is 0.00500. The number of hydrogen-bond acceptors (Lipinski definition) is 7. The summed E-state index contributed by atoms with van der Waals surface area (Å²) < 4.78 is 53.1. The number of rotatable bonds is 7. The number of ether oxygens (including phenoxy) is 1. The van der Waals surface area contributed by atoms with Gasteiger partial charge in [0.25, 0.3) is 0 Å². The van der Waals surface area contributed by atoms with Crippen molar-refractivity contribution >= 4 is 11.9 Å². The molecule has 3 aromatic rings. The second-order valence-electron chi connectivity index (χ2n) is 9.94. The fraction of sp³-hybridized carbons (Fsp3) is 0.462. The zero-order valence-electron chi connectivity index (χ0n) is 19.8. The number of hydrogen-bond donors (Lipinski definition) is 1. The van der Waals surface area contributed by atoms with E-state index in [1.54, 1.807) is 6.07 Å². The molecule has 37 heavy (non-hydrogen) atoms. The Morgan fingerprint density at radius 2 is 1.84 bits per heavy atom. The molecule has 0 amide bonds. The van der Waals surface area contributed by atoms with Gasteiger partial charge in [0.1, 0.15) is 11.5 Å². The van der Waals surface area contributed by atoms with Gasteiger partial charge in [-0.15, -0.1) is 0 Å². The largest absolute Gasteiger partial charge is 0.477 e. The van der Waals surface area contributed by atoms with E-state index in [4.69, 9.17) is 9.26 Å². The van der Waals surface area contributed by atoms with Crippen LogP contribution in [0.25, 0.3) is 11.3 Å². The van der Waals surface area contributed by atoms with Crippen LogP contribution in [0.15, 0.2) is 41.1 Å². The topological polar surface area (TPSA) is 102 Å². The molecule has 1 N–H and O–H groups in total. The molecule has 2 bridgehead atoms. The number of halogens is 3. The number of aromatic nitrogens is 3. The van der Waals surface area contributed by atoms with Crippen molar-refractivity contribution in [1.82, 2.24) is 15.1 Å². The van der Waals surface area contributed by atoms with E-state index in [9.17, 15) is 23.1 Å². The summed E-state index contributed by atoms with van der Waals surface area (Å²) in [6, 6.07) is 6.98. The second kappa shape index (κ2) is 9.13. The summed E-state index contributed by atoms with van der Waals surface area (Å²) in [5, 5.41) is 13.4. The number of nitrogens with zero attached hydrogens (tertiary/aromatic N) is 4. The minimum atomic E-state index is -4.51. The number of carbonyl (C=O) groups is 1. The number of carboxylic acids is 1. The summed E-state index contributed by atoms with van der Waals surface area (Å²) in [5.74, 6) is 0.0881. The van der Waals surface area contributed by atoms with Gasteiger partial charge in [-0.25, -0.2) is 14.8 Å². The molecule has 2 saturated heterocycles. The minimum Gasteiger partial charge on any atom is -0.477 e. The van der Waals surface area contributed by atoms with Gasteiger partial charge in [0, 0.05) is 35.3 Å². The predicted octanol–water partition coefficient (Wildman–Crippen LogP) is 5.44. The van der Waals surface area contributed by atoms with Crippen LogP contribution in [0.4, 0.5) is 19.1 Å². The van der Waals surface area contributed by atoms with Gasteiger partial charge in [0.15, 0.2) is 5.69 Å². The summed E-state index contributed by atoms with van der Waals surface area (Å²) >= 11 is 0. The van der Waals surface area contributed by atoms with Crippen LogP contribution < -0.4 is 4.90 Å². The van der Waals surface area contributed by atoms with Crippen LogP contribution in [0.2, 0.25) is 0 Å². The first-order valence-electron chi connectivity index (χ1n) is 12.4. The Bertz CT molecular complexity index is 1310. The molecule has 3 aliphatic rings. The molecule has 0 spiro atoms. The lowest BCUT2D eigenvalue weighted by atomic mass is 9.98. The van der Waals surface area contributed by atoms with Crippen molar-refractivity contribution in [3.8, 4) is 11.3 Å². The van der Waals surface area contributed by atoms with E-state index in [0.717, 1.165) is 31.7 Å². The van der Waals surface area contributed by atoms with Crippen LogP contribution in [0.3, 0.4) is 0 Å². The van der Waals surface area contributed by atoms with Gasteiger partial charge in [0.2, 0.25) is 5.95 Å². The molecular weight excluding hydrogens is 489 g/mol. The molecule has 0 radical (unpaired) electrons. The van der Waals surface area contributed by atoms with Crippen LogP contribution in [0.1, 0.15) is 71.8 Å². The molecule has 2 aromatic heterocycles. The molecule has 1 aliphatic carbocycles. The SMILES string of the molecule is O=C(O)c1ccnc(N2C3CC[C@H]2CC(OCc2c(-c4ccccc4C(F)(F)F)noc2C2CC2)C3)n1. The van der Waals surface area contributed by atoms with Gasteiger partial charge in [-0.3, -0.25) is 0 Å². The first kappa shape index (κ1) is 23.9. The number of benzene rings is 1. The highest BCUT2D eigenvalue weighted by molar-refractivity contribution is 5.85. The monoisotopic (exact) mass is 514 g/mol. The number of carboxylic acid groups (broad SMARTS) is 1. The fourth-order valence-corrected chi connectivity index (χ4v) is 5.66. The van der Waals surface area contributed by atoms with Crippen LogP contribution in [-0.2, 0) is 17.5 Å². The Morgan fingerprint density at radius 3 is 2.51 bits per heavy atom. The molecule has 3 fully saturated rings. The maximum atomic E-state index is 13.7. The van der Waals surface area contributed by atoms with Crippen molar-refractivity contribution < 1.29 is 32.3 Å². The zero-order chi connectivity index (χ0) is 25.7. The van der Waals surface area contributed by atoms with Gasteiger partial charge in [0.05, 0.1) is 18.3 Å². The highest BCUT2D eigenvalue weighted by Crippen LogP contribution is 2.46. The predicted molar refractivity (Wildman–Crippen MR) is 125 cm³/mol. The molecule has 3 atom stereocenters. The van der Waals surface area contributed by atoms with E-state index in [2.05, 4.69) is 20.0 Å². The quantitative estimate of drug-likeness (QED) is 0.445. The van der Waals surface area contributed by atoms with Crippen LogP contribution in [0, 0.1) is 0 Å². The molecule has 194 valence electrons. The Hall–Kier alpha value is -3.47. The van der Waals surface area contributed by atoms with E-state index in [-0.39, 0.29) is 47.7 Å². The highest BCUT2D eigenvalue weighted by atomic mass is 19.4. The molecule has 2 aliphatic heterocycles. The third-order valence-electron chi connectivity index (χ3n) is 7.50. The standard InChI is InChI=1S/C26H25F3N4O4/c27-26(28,29)20-4-2-1-3-18(20)22-19(23(37-32-22)14-5-6-14)13-36-17-11-15-7-8-16(12-17)33(15)25-30-10-9-21(31-25)24(34)35/h1-4,9-10,14-17H,5-8,11-13H2,(H,34,35)/t15-,16?,17?/m0/s1. The van der Waals surface area contributed by atoms with Crippen molar-refractivity contribution in [2.24, 2.45) is 0 Å². The lowest BCUT2D eigenvalue weighted by Crippen LogP contribution is -2.46. The maximum absolute atomic E-state index is 13.7. The van der Waals surface area contributed by atoms with Crippen molar-refractivity contribution in [3.63, 3.8) is 0 Å². The molecule has 11 heteroatoms. The van der Waals surface area contributed by atoms with E-state index >= 15 is 0 Å². The van der Waals surface area contributed by atoms with Crippen LogP contribution in [0.5, 0.6) is 0 Å². The Morgan fingerprint density at radius 1 is 1.11 bits per heavy atom. The average molecular weight is 515 g/mol. The number of piperidine rings is 1. The summed E-state index contributed by atoms with van der Waals surface area (Å²) in [5.41, 5.74) is -0.0217. The van der Waals surface area contributed by atoms with E-state index < -0.39 is 17.7 Å². The van der Waals surface area contributed by atoms with Crippen molar-refractivity contribution in [1.29, 1.82) is 0 Å². The van der Waals surface area contributed by atoms with Gasteiger partial charge < -0.3 is 19.3 Å². The third-order valence-corrected chi connectivity index (χ3v) is 7.50. The smallest absolute Gasteiger partial charge is 0.417 e. The van der Waals surface area contributed by atoms with Crippen LogP contribution >= 0.6 is 0 Å². The third kappa shape index (κ3) is 4.56. The van der Waals surface area contributed by atoms with Crippen LogP contribution in [-0.4, -0.2) is 44.4 Å². The summed E-state index contributed by atoms with van der Waals surface area (Å²) in [6.45, 7) is 0.117. The first-order valence-corrected chi connectivity index (χ1v) is 12.4. The number of fused-ring (bicyclic) bond motifs is 2. The highest BCUT2D eigenvalue weighted by Gasteiger charge is 2.43. The van der Waals surface area contributed by atoms with Gasteiger partial charge in [-0.05, 0) is 50.7 Å². The Balaban J connectivity index is 1.22. The van der Waals surface area contributed by atoms with Crippen molar-refractivity contribution in [2.45, 2.75) is 75.4 Å². The van der Waals surface area contributed by atoms with Gasteiger partial charge in [-0.2, -0.15) is 13.2 Å². The van der Waals surface area contributed by atoms with E-state index in [1.807, 2.05) is 0 Å². The van der Waals surface area contributed by atoms with Gasteiger partial charge >= 0.3 is 12.1 Å².